The standard InChI is InChI=1S/C24H25FN4O/c1-16-5-10-21-20(13-16)19-3-2-4-22-24(19)29(21)12-11-28(22)15-23(30)27-26-14-17-6-8-18(25)9-7-17/h5-10,13-14,22H,2-4,11-12,15H2,1H3,(H,27,30)/p+1/b26-14-/t22-/m1/s1. The summed E-state index contributed by atoms with van der Waals surface area (Å²) in [7, 11) is 0. The van der Waals surface area contributed by atoms with Crippen LogP contribution >= 0.6 is 0 Å². The van der Waals surface area contributed by atoms with E-state index in [-0.39, 0.29) is 11.7 Å². The number of fused-ring (bicyclic) bond motifs is 3. The van der Waals surface area contributed by atoms with Crippen LogP contribution in [0.3, 0.4) is 0 Å². The number of hydrogen-bond donors (Lipinski definition) is 2. The number of amides is 1. The number of hydrazone groups is 1. The predicted molar refractivity (Wildman–Crippen MR) is 115 cm³/mol. The molecule has 5 nitrogen and oxygen atoms in total. The van der Waals surface area contributed by atoms with E-state index in [1.165, 1.54) is 51.2 Å². The second kappa shape index (κ2) is 7.69. The van der Waals surface area contributed by atoms with Gasteiger partial charge in [0.2, 0.25) is 0 Å². The van der Waals surface area contributed by atoms with E-state index in [0.717, 1.165) is 31.5 Å². The molecule has 3 aromatic rings. The van der Waals surface area contributed by atoms with E-state index in [2.05, 4.69) is 40.2 Å². The topological polar surface area (TPSA) is 50.8 Å². The molecule has 6 heteroatoms. The predicted octanol–water partition coefficient (Wildman–Crippen LogP) is 2.52. The second-order valence-corrected chi connectivity index (χ2v) is 8.41. The van der Waals surface area contributed by atoms with E-state index >= 15 is 0 Å². The number of carbonyl (C=O) groups is 1. The number of hydrogen-bond acceptors (Lipinski definition) is 2. The molecule has 1 aliphatic carbocycles. The fraction of sp³-hybridized carbons (Fsp3) is 0.333. The van der Waals surface area contributed by atoms with E-state index in [1.807, 2.05) is 0 Å². The highest BCUT2D eigenvalue weighted by Crippen LogP contribution is 2.37. The quantitative estimate of drug-likeness (QED) is 0.509. The summed E-state index contributed by atoms with van der Waals surface area (Å²) >= 11 is 0. The first-order valence-corrected chi connectivity index (χ1v) is 10.6. The molecule has 0 radical (unpaired) electrons. The van der Waals surface area contributed by atoms with E-state index in [4.69, 9.17) is 0 Å². The summed E-state index contributed by atoms with van der Waals surface area (Å²) < 4.78 is 15.5. The third kappa shape index (κ3) is 3.41. The molecule has 0 fully saturated rings. The zero-order valence-corrected chi connectivity index (χ0v) is 17.1. The third-order valence-corrected chi connectivity index (χ3v) is 6.43. The summed E-state index contributed by atoms with van der Waals surface area (Å²) in [6.45, 7) is 4.43. The number of aromatic nitrogens is 1. The molecule has 1 unspecified atom stereocenters. The van der Waals surface area contributed by atoms with Crippen LogP contribution in [-0.4, -0.2) is 29.8 Å². The van der Waals surface area contributed by atoms with E-state index < -0.39 is 0 Å². The van der Waals surface area contributed by atoms with Crippen molar-refractivity contribution in [1.29, 1.82) is 0 Å². The summed E-state index contributed by atoms with van der Waals surface area (Å²) in [5.74, 6) is -0.375. The van der Waals surface area contributed by atoms with Crippen molar-refractivity contribution in [2.24, 2.45) is 5.10 Å². The van der Waals surface area contributed by atoms with Gasteiger partial charge in [0.15, 0.2) is 6.54 Å². The first-order valence-electron chi connectivity index (χ1n) is 10.6. The van der Waals surface area contributed by atoms with Gasteiger partial charge in [0, 0.05) is 17.3 Å². The molecular weight excluding hydrogens is 379 g/mol. The number of benzene rings is 2. The van der Waals surface area contributed by atoms with Crippen molar-refractivity contribution in [3.05, 3.63) is 70.7 Å². The maximum absolute atomic E-state index is 13.0. The van der Waals surface area contributed by atoms with Crippen LogP contribution < -0.4 is 10.3 Å². The molecule has 1 aromatic heterocycles. The van der Waals surface area contributed by atoms with Crippen LogP contribution in [0.15, 0.2) is 47.6 Å². The Labute approximate surface area is 175 Å². The highest BCUT2D eigenvalue weighted by molar-refractivity contribution is 5.87. The van der Waals surface area contributed by atoms with Crippen molar-refractivity contribution in [2.75, 3.05) is 13.1 Å². The van der Waals surface area contributed by atoms with Gasteiger partial charge < -0.3 is 9.47 Å². The Morgan fingerprint density at radius 1 is 1.30 bits per heavy atom. The second-order valence-electron chi connectivity index (χ2n) is 8.41. The lowest BCUT2D eigenvalue weighted by atomic mass is 9.89. The molecule has 154 valence electrons. The average molecular weight is 405 g/mol. The molecule has 0 saturated carbocycles. The third-order valence-electron chi connectivity index (χ3n) is 6.43. The lowest BCUT2D eigenvalue weighted by molar-refractivity contribution is -0.929. The summed E-state index contributed by atoms with van der Waals surface area (Å²) in [5.41, 5.74) is 8.94. The molecule has 0 bridgehead atoms. The van der Waals surface area contributed by atoms with Gasteiger partial charge in [-0.1, -0.05) is 23.8 Å². The Bertz CT molecular complexity index is 1130. The largest absolute Gasteiger partial charge is 0.334 e. The normalized spacial score (nSPS) is 20.5. The smallest absolute Gasteiger partial charge is 0.295 e. The van der Waals surface area contributed by atoms with Crippen molar-refractivity contribution in [3.63, 3.8) is 0 Å². The Hall–Kier alpha value is -2.99. The minimum atomic E-state index is -0.288. The van der Waals surface area contributed by atoms with Gasteiger partial charge in [0.05, 0.1) is 25.0 Å². The summed E-state index contributed by atoms with van der Waals surface area (Å²) in [6.07, 6.45) is 4.95. The van der Waals surface area contributed by atoms with Gasteiger partial charge in [-0.2, -0.15) is 5.10 Å². The monoisotopic (exact) mass is 405 g/mol. The molecule has 0 saturated heterocycles. The highest BCUT2D eigenvalue weighted by Gasteiger charge is 2.38. The highest BCUT2D eigenvalue weighted by atomic mass is 19.1. The van der Waals surface area contributed by atoms with Crippen molar-refractivity contribution >= 4 is 23.0 Å². The SMILES string of the molecule is Cc1ccc2c(c1)c1c3n2CC[NH+](CC(=O)N/N=C\c2ccc(F)cc2)[C@@H]3CCC1. The fourth-order valence-corrected chi connectivity index (χ4v) is 5.09. The number of aryl methyl sites for hydroxylation is 2. The minimum absolute atomic E-state index is 0.0871. The van der Waals surface area contributed by atoms with Crippen LogP contribution in [0.5, 0.6) is 0 Å². The van der Waals surface area contributed by atoms with E-state index in [0.29, 0.717) is 12.6 Å². The molecule has 2 heterocycles. The number of nitrogens with one attached hydrogen (secondary N) is 2. The zero-order chi connectivity index (χ0) is 20.7. The number of carbonyl (C=O) groups excluding carboxylic acids is 1. The molecule has 2 N–H and O–H groups in total. The van der Waals surface area contributed by atoms with Crippen molar-refractivity contribution in [1.82, 2.24) is 9.99 Å². The Balaban J connectivity index is 1.32. The lowest BCUT2D eigenvalue weighted by Crippen LogP contribution is -3.14. The maximum Gasteiger partial charge on any atom is 0.295 e. The molecule has 0 spiro atoms. The number of nitrogens with zero attached hydrogens (tertiary/aromatic N) is 2. The van der Waals surface area contributed by atoms with Gasteiger partial charge in [-0.15, -0.1) is 0 Å². The van der Waals surface area contributed by atoms with Crippen molar-refractivity contribution in [2.45, 2.75) is 38.8 Å². The molecule has 2 aromatic carbocycles. The maximum atomic E-state index is 13.0. The van der Waals surface area contributed by atoms with Gasteiger partial charge in [-0.3, -0.25) is 4.79 Å². The van der Waals surface area contributed by atoms with Gasteiger partial charge in [0.25, 0.3) is 5.91 Å². The average Bonchev–Trinajstić information content (AvgIpc) is 3.06. The van der Waals surface area contributed by atoms with Crippen LogP contribution in [0.1, 0.15) is 41.3 Å². The minimum Gasteiger partial charge on any atom is -0.334 e. The Morgan fingerprint density at radius 2 is 2.13 bits per heavy atom. The molecular formula is C24H26FN4O+. The fourth-order valence-electron chi connectivity index (χ4n) is 5.09. The lowest BCUT2D eigenvalue weighted by Gasteiger charge is -2.36. The van der Waals surface area contributed by atoms with Gasteiger partial charge in [-0.25, -0.2) is 9.82 Å². The summed E-state index contributed by atoms with van der Waals surface area (Å²) in [4.78, 5) is 13.9. The molecule has 2 atom stereocenters. The van der Waals surface area contributed by atoms with Crippen molar-refractivity contribution in [3.8, 4) is 0 Å². The zero-order valence-electron chi connectivity index (χ0n) is 17.1. The van der Waals surface area contributed by atoms with Gasteiger partial charge >= 0.3 is 0 Å². The Kier molecular flexibility index (Phi) is 4.87. The van der Waals surface area contributed by atoms with E-state index in [9.17, 15) is 9.18 Å². The van der Waals surface area contributed by atoms with Gasteiger partial charge in [-0.05, 0) is 55.2 Å². The first-order chi connectivity index (χ1) is 14.6. The van der Waals surface area contributed by atoms with Crippen LogP contribution in [0.4, 0.5) is 4.39 Å². The number of rotatable bonds is 4. The Morgan fingerprint density at radius 3 is 2.97 bits per heavy atom. The number of halogens is 1. The van der Waals surface area contributed by atoms with Crippen LogP contribution in [0.2, 0.25) is 0 Å². The van der Waals surface area contributed by atoms with Gasteiger partial charge in [0.1, 0.15) is 11.9 Å². The molecule has 2 aliphatic rings. The summed E-state index contributed by atoms with van der Waals surface area (Å²) in [6, 6.07) is 13.1. The molecule has 1 amide bonds. The van der Waals surface area contributed by atoms with Crippen LogP contribution in [0, 0.1) is 12.7 Å². The molecule has 1 aliphatic heterocycles. The summed E-state index contributed by atoms with van der Waals surface area (Å²) in [5, 5.41) is 5.44. The van der Waals surface area contributed by atoms with Crippen LogP contribution in [0.25, 0.3) is 10.9 Å². The first kappa shape index (κ1) is 19.0. The molecule has 30 heavy (non-hydrogen) atoms. The molecule has 5 rings (SSSR count). The van der Waals surface area contributed by atoms with Crippen molar-refractivity contribution < 1.29 is 14.1 Å². The number of quaternary nitrogens is 1. The van der Waals surface area contributed by atoms with E-state index in [1.54, 1.807) is 18.3 Å². The van der Waals surface area contributed by atoms with Crippen LogP contribution in [-0.2, 0) is 17.8 Å².